The summed E-state index contributed by atoms with van der Waals surface area (Å²) in [6.45, 7) is 4.53. The van der Waals surface area contributed by atoms with E-state index >= 15 is 0 Å². The minimum absolute atomic E-state index is 0.0184. The lowest BCUT2D eigenvalue weighted by Gasteiger charge is -2.14. The average Bonchev–Trinajstić information content (AvgIpc) is 2.47. The molecular formula is C17H20N4. The third-order valence-electron chi connectivity index (χ3n) is 3.43. The van der Waals surface area contributed by atoms with Gasteiger partial charge < -0.3 is 11.1 Å². The fourth-order valence-corrected chi connectivity index (χ4v) is 2.32. The molecule has 1 unspecified atom stereocenters. The van der Waals surface area contributed by atoms with Crippen molar-refractivity contribution in [3.63, 3.8) is 0 Å². The summed E-state index contributed by atoms with van der Waals surface area (Å²) in [4.78, 5) is 4.40. The number of rotatable bonds is 5. The van der Waals surface area contributed by atoms with Gasteiger partial charge in [-0.05, 0) is 37.5 Å². The largest absolute Gasteiger partial charge is 0.369 e. The van der Waals surface area contributed by atoms with Gasteiger partial charge in [-0.3, -0.25) is 0 Å². The highest BCUT2D eigenvalue weighted by molar-refractivity contribution is 5.56. The second-order valence-corrected chi connectivity index (χ2v) is 5.15. The van der Waals surface area contributed by atoms with E-state index in [-0.39, 0.29) is 6.04 Å². The number of aryl methyl sites for hydroxylation is 2. The zero-order chi connectivity index (χ0) is 15.2. The third-order valence-corrected chi connectivity index (χ3v) is 3.43. The lowest BCUT2D eigenvalue weighted by Crippen LogP contribution is -2.16. The second-order valence-electron chi connectivity index (χ2n) is 5.15. The van der Waals surface area contributed by atoms with Gasteiger partial charge in [0.25, 0.3) is 0 Å². The number of nitrogens with one attached hydrogen (secondary N) is 1. The van der Waals surface area contributed by atoms with Crippen molar-refractivity contribution in [3.8, 4) is 6.07 Å². The minimum atomic E-state index is -0.0184. The van der Waals surface area contributed by atoms with Crippen LogP contribution < -0.4 is 11.1 Å². The molecule has 0 aliphatic carbocycles. The number of nitriles is 1. The van der Waals surface area contributed by atoms with Crippen LogP contribution >= 0.6 is 0 Å². The molecule has 0 radical (unpaired) electrons. The van der Waals surface area contributed by atoms with Crippen LogP contribution in [0.1, 0.15) is 34.8 Å². The van der Waals surface area contributed by atoms with E-state index < -0.39 is 0 Å². The first-order valence-corrected chi connectivity index (χ1v) is 7.04. The molecule has 3 N–H and O–H groups in total. The fraction of sp³-hybridized carbons (Fsp3) is 0.294. The third kappa shape index (κ3) is 3.80. The number of nitrogens with two attached hydrogens (primary N) is 1. The molecule has 0 fully saturated rings. The number of pyridine rings is 1. The molecule has 0 saturated carbocycles. The smallest absolute Gasteiger partial charge is 0.144 e. The summed E-state index contributed by atoms with van der Waals surface area (Å²) in [5.74, 6) is 0.648. The monoisotopic (exact) mass is 280 g/mol. The molecule has 0 aliphatic heterocycles. The van der Waals surface area contributed by atoms with Crippen molar-refractivity contribution in [1.82, 2.24) is 4.98 Å². The number of aromatic nitrogens is 1. The Morgan fingerprint density at radius 3 is 2.67 bits per heavy atom. The Balaban J connectivity index is 2.00. The SMILES string of the molecule is Cc1cc(C)c(C#N)c(NCCC(N)c2ccccc2)n1. The zero-order valence-electron chi connectivity index (χ0n) is 12.4. The van der Waals surface area contributed by atoms with Crippen LogP contribution in [-0.4, -0.2) is 11.5 Å². The van der Waals surface area contributed by atoms with Gasteiger partial charge in [0.05, 0.1) is 5.56 Å². The summed E-state index contributed by atoms with van der Waals surface area (Å²) in [6.07, 6.45) is 0.781. The van der Waals surface area contributed by atoms with Crippen molar-refractivity contribution < 1.29 is 0 Å². The van der Waals surface area contributed by atoms with Crippen molar-refractivity contribution in [3.05, 3.63) is 58.8 Å². The molecule has 4 heteroatoms. The zero-order valence-corrected chi connectivity index (χ0v) is 12.4. The van der Waals surface area contributed by atoms with Gasteiger partial charge in [-0.2, -0.15) is 5.26 Å². The summed E-state index contributed by atoms with van der Waals surface area (Å²) in [5, 5.41) is 12.5. The van der Waals surface area contributed by atoms with Gasteiger partial charge in [-0.1, -0.05) is 30.3 Å². The minimum Gasteiger partial charge on any atom is -0.369 e. The highest BCUT2D eigenvalue weighted by Gasteiger charge is 2.09. The number of hydrogen-bond acceptors (Lipinski definition) is 4. The molecule has 0 aliphatic rings. The lowest BCUT2D eigenvalue weighted by molar-refractivity contribution is 0.674. The topological polar surface area (TPSA) is 74.7 Å². The van der Waals surface area contributed by atoms with E-state index in [9.17, 15) is 5.26 Å². The quantitative estimate of drug-likeness (QED) is 0.882. The Morgan fingerprint density at radius 2 is 2.00 bits per heavy atom. The van der Waals surface area contributed by atoms with Crippen LogP contribution in [0.5, 0.6) is 0 Å². The molecule has 1 atom stereocenters. The maximum atomic E-state index is 9.22. The Kier molecular flexibility index (Phi) is 4.91. The van der Waals surface area contributed by atoms with Gasteiger partial charge in [0.15, 0.2) is 0 Å². The van der Waals surface area contributed by atoms with Gasteiger partial charge in [-0.15, -0.1) is 0 Å². The summed E-state index contributed by atoms with van der Waals surface area (Å²) in [5.41, 5.74) is 9.74. The van der Waals surface area contributed by atoms with Gasteiger partial charge in [0.2, 0.25) is 0 Å². The van der Waals surface area contributed by atoms with Crippen LogP contribution in [0.15, 0.2) is 36.4 Å². The van der Waals surface area contributed by atoms with Crippen molar-refractivity contribution in [1.29, 1.82) is 5.26 Å². The highest BCUT2D eigenvalue weighted by atomic mass is 15.0. The Labute approximate surface area is 125 Å². The molecule has 0 saturated heterocycles. The standard InChI is InChI=1S/C17H20N4/c1-12-10-13(2)21-17(15(12)11-18)20-9-8-16(19)14-6-4-3-5-7-14/h3-7,10,16H,8-9,19H2,1-2H3,(H,20,21). The number of nitrogens with zero attached hydrogens (tertiary/aromatic N) is 2. The molecule has 2 rings (SSSR count). The second kappa shape index (κ2) is 6.87. The van der Waals surface area contributed by atoms with E-state index in [1.54, 1.807) is 0 Å². The van der Waals surface area contributed by atoms with Crippen LogP contribution in [0.2, 0.25) is 0 Å². The Hall–Kier alpha value is -2.38. The van der Waals surface area contributed by atoms with E-state index in [0.29, 0.717) is 17.9 Å². The fourth-order valence-electron chi connectivity index (χ4n) is 2.32. The molecule has 0 spiro atoms. The molecule has 1 aromatic heterocycles. The predicted octanol–water partition coefficient (Wildman–Crippen LogP) is 3.07. The molecule has 1 aromatic carbocycles. The Bertz CT molecular complexity index is 644. The van der Waals surface area contributed by atoms with Crippen molar-refractivity contribution in [2.45, 2.75) is 26.3 Å². The van der Waals surface area contributed by atoms with E-state index in [0.717, 1.165) is 23.2 Å². The molecule has 4 nitrogen and oxygen atoms in total. The summed E-state index contributed by atoms with van der Waals surface area (Å²) in [6, 6.07) is 14.1. The van der Waals surface area contributed by atoms with Crippen molar-refractivity contribution in [2.24, 2.45) is 5.73 Å². The number of anilines is 1. The maximum Gasteiger partial charge on any atom is 0.144 e. The van der Waals surface area contributed by atoms with Crippen LogP contribution in [-0.2, 0) is 0 Å². The molecule has 21 heavy (non-hydrogen) atoms. The van der Waals surface area contributed by atoms with Gasteiger partial charge in [-0.25, -0.2) is 4.98 Å². The summed E-state index contributed by atoms with van der Waals surface area (Å²) >= 11 is 0. The first kappa shape index (κ1) is 15.0. The molecule has 2 aromatic rings. The first-order chi connectivity index (χ1) is 10.1. The Morgan fingerprint density at radius 1 is 1.29 bits per heavy atom. The van der Waals surface area contributed by atoms with Gasteiger partial charge >= 0.3 is 0 Å². The maximum absolute atomic E-state index is 9.22. The van der Waals surface area contributed by atoms with E-state index in [1.165, 1.54) is 0 Å². The van der Waals surface area contributed by atoms with Gasteiger partial charge in [0.1, 0.15) is 11.9 Å². The normalized spacial score (nSPS) is 11.7. The first-order valence-electron chi connectivity index (χ1n) is 7.04. The molecule has 108 valence electrons. The number of hydrogen-bond donors (Lipinski definition) is 2. The van der Waals surface area contributed by atoms with Crippen LogP contribution in [0, 0.1) is 25.2 Å². The van der Waals surface area contributed by atoms with Crippen LogP contribution in [0.25, 0.3) is 0 Å². The van der Waals surface area contributed by atoms with E-state index in [1.807, 2.05) is 50.2 Å². The predicted molar refractivity (Wildman–Crippen MR) is 84.9 cm³/mol. The molecule has 0 bridgehead atoms. The molecular weight excluding hydrogens is 260 g/mol. The molecule has 1 heterocycles. The van der Waals surface area contributed by atoms with Crippen molar-refractivity contribution in [2.75, 3.05) is 11.9 Å². The summed E-state index contributed by atoms with van der Waals surface area (Å²) in [7, 11) is 0. The average molecular weight is 280 g/mol. The van der Waals surface area contributed by atoms with Crippen molar-refractivity contribution >= 4 is 5.82 Å². The summed E-state index contributed by atoms with van der Waals surface area (Å²) < 4.78 is 0. The van der Waals surface area contributed by atoms with Gasteiger partial charge in [0, 0.05) is 18.3 Å². The molecule has 0 amide bonds. The van der Waals surface area contributed by atoms with E-state index in [4.69, 9.17) is 5.73 Å². The van der Waals surface area contributed by atoms with Crippen LogP contribution in [0.3, 0.4) is 0 Å². The van der Waals surface area contributed by atoms with Crippen LogP contribution in [0.4, 0.5) is 5.82 Å². The van der Waals surface area contributed by atoms with E-state index in [2.05, 4.69) is 16.4 Å². The highest BCUT2D eigenvalue weighted by Crippen LogP contribution is 2.18. The number of benzene rings is 1. The lowest BCUT2D eigenvalue weighted by atomic mass is 10.0.